The molecule has 0 atom stereocenters. The van der Waals surface area contributed by atoms with Crippen LogP contribution in [0.3, 0.4) is 0 Å². The Morgan fingerprint density at radius 3 is 2.62 bits per heavy atom. The highest BCUT2D eigenvalue weighted by molar-refractivity contribution is 5.36. The average Bonchev–Trinajstić information content (AvgIpc) is 2.46. The van der Waals surface area contributed by atoms with Crippen LogP contribution in [-0.4, -0.2) is 27.5 Å². The Morgan fingerprint density at radius 1 is 1.14 bits per heavy atom. The summed E-state index contributed by atoms with van der Waals surface area (Å²) >= 11 is 0. The number of hydrogen-bond donors (Lipinski definition) is 1. The van der Waals surface area contributed by atoms with E-state index in [2.05, 4.69) is 52.0 Å². The number of rotatable bonds is 5. The van der Waals surface area contributed by atoms with Gasteiger partial charge in [-0.1, -0.05) is 6.07 Å². The van der Waals surface area contributed by atoms with Gasteiger partial charge in [0.25, 0.3) is 0 Å². The first-order valence-corrected chi connectivity index (χ1v) is 7.10. The minimum Gasteiger partial charge on any atom is -0.354 e. The molecule has 1 N–H and O–H groups in total. The van der Waals surface area contributed by atoms with Crippen molar-refractivity contribution in [3.63, 3.8) is 0 Å². The van der Waals surface area contributed by atoms with Gasteiger partial charge in [-0.05, 0) is 32.4 Å². The molecule has 0 saturated carbocycles. The molecule has 2 aromatic rings. The van der Waals surface area contributed by atoms with E-state index >= 15 is 0 Å². The molecule has 0 saturated heterocycles. The van der Waals surface area contributed by atoms with Crippen molar-refractivity contribution in [2.45, 2.75) is 39.4 Å². The highest BCUT2D eigenvalue weighted by Gasteiger charge is 2.10. The van der Waals surface area contributed by atoms with Gasteiger partial charge >= 0.3 is 0 Å². The quantitative estimate of drug-likeness (QED) is 0.914. The van der Waals surface area contributed by atoms with Gasteiger partial charge in [-0.3, -0.25) is 9.97 Å². The summed E-state index contributed by atoms with van der Waals surface area (Å²) in [4.78, 5) is 15.1. The van der Waals surface area contributed by atoms with Crippen molar-refractivity contribution in [2.24, 2.45) is 0 Å². The van der Waals surface area contributed by atoms with E-state index in [0.29, 0.717) is 6.54 Å². The summed E-state index contributed by atoms with van der Waals surface area (Å²) in [5, 5.41) is 3.42. The lowest BCUT2D eigenvalue weighted by atomic mass is 10.1. The Labute approximate surface area is 126 Å². The molecule has 0 unspecified atom stereocenters. The predicted molar refractivity (Wildman–Crippen MR) is 85.0 cm³/mol. The van der Waals surface area contributed by atoms with Gasteiger partial charge in [0.2, 0.25) is 0 Å². The Hall–Kier alpha value is -2.01. The van der Waals surface area contributed by atoms with Crippen LogP contribution < -0.4 is 10.2 Å². The summed E-state index contributed by atoms with van der Waals surface area (Å²) < 4.78 is 0. The molecule has 2 rings (SSSR count). The van der Waals surface area contributed by atoms with E-state index in [-0.39, 0.29) is 5.54 Å². The molecule has 2 heterocycles. The highest BCUT2D eigenvalue weighted by Crippen LogP contribution is 2.12. The molecule has 0 fully saturated rings. The lowest BCUT2D eigenvalue weighted by Crippen LogP contribution is -2.35. The van der Waals surface area contributed by atoms with Crippen LogP contribution in [0.2, 0.25) is 0 Å². The summed E-state index contributed by atoms with van der Waals surface area (Å²) in [6.45, 7) is 7.89. The van der Waals surface area contributed by atoms with Gasteiger partial charge in [-0.25, -0.2) is 4.98 Å². The van der Waals surface area contributed by atoms with Crippen molar-refractivity contribution in [2.75, 3.05) is 11.9 Å². The molecule has 0 aliphatic heterocycles. The second-order valence-corrected chi connectivity index (χ2v) is 6.19. The van der Waals surface area contributed by atoms with Crippen LogP contribution in [0, 0.1) is 0 Å². The Balaban J connectivity index is 2.03. The van der Waals surface area contributed by atoms with Crippen LogP contribution in [-0.2, 0) is 13.1 Å². The van der Waals surface area contributed by atoms with Crippen molar-refractivity contribution >= 4 is 5.82 Å². The second-order valence-electron chi connectivity index (χ2n) is 6.19. The monoisotopic (exact) mass is 285 g/mol. The first-order valence-electron chi connectivity index (χ1n) is 7.10. The van der Waals surface area contributed by atoms with Gasteiger partial charge in [0.05, 0.1) is 11.9 Å². The van der Waals surface area contributed by atoms with Crippen LogP contribution in [0.15, 0.2) is 36.9 Å². The average molecular weight is 285 g/mol. The van der Waals surface area contributed by atoms with E-state index in [9.17, 15) is 0 Å². The molecule has 5 nitrogen and oxygen atoms in total. The minimum atomic E-state index is 0.0687. The van der Waals surface area contributed by atoms with Gasteiger partial charge in [0.15, 0.2) is 0 Å². The van der Waals surface area contributed by atoms with Crippen molar-refractivity contribution in [1.29, 1.82) is 0 Å². The molecule has 0 amide bonds. The second kappa shape index (κ2) is 6.63. The molecule has 112 valence electrons. The fourth-order valence-electron chi connectivity index (χ4n) is 1.87. The fourth-order valence-corrected chi connectivity index (χ4v) is 1.87. The summed E-state index contributed by atoms with van der Waals surface area (Å²) in [6, 6.07) is 4.00. The Kier molecular flexibility index (Phi) is 4.85. The van der Waals surface area contributed by atoms with Crippen molar-refractivity contribution in [3.8, 4) is 0 Å². The zero-order valence-corrected chi connectivity index (χ0v) is 13.2. The van der Waals surface area contributed by atoms with Crippen molar-refractivity contribution in [3.05, 3.63) is 48.2 Å². The molecular weight excluding hydrogens is 262 g/mol. The van der Waals surface area contributed by atoms with E-state index in [1.807, 2.05) is 19.3 Å². The third kappa shape index (κ3) is 5.11. The van der Waals surface area contributed by atoms with Crippen LogP contribution in [0.25, 0.3) is 0 Å². The molecule has 0 aliphatic carbocycles. The van der Waals surface area contributed by atoms with Crippen molar-refractivity contribution in [1.82, 2.24) is 20.3 Å². The third-order valence-corrected chi connectivity index (χ3v) is 3.01. The standard InChI is InChI=1S/C16H23N5/c1-16(2,3)19-10-14-9-18-11-15(20-14)21(4)12-13-6-5-7-17-8-13/h5-9,11,19H,10,12H2,1-4H3. The maximum Gasteiger partial charge on any atom is 0.147 e. The lowest BCUT2D eigenvalue weighted by molar-refractivity contribution is 0.421. The van der Waals surface area contributed by atoms with Gasteiger partial charge in [-0.15, -0.1) is 0 Å². The van der Waals surface area contributed by atoms with E-state index in [1.54, 1.807) is 18.6 Å². The molecule has 5 heteroatoms. The molecule has 0 aromatic carbocycles. The maximum atomic E-state index is 4.65. The van der Waals surface area contributed by atoms with E-state index < -0.39 is 0 Å². The molecule has 0 aliphatic rings. The molecule has 0 bridgehead atoms. The Morgan fingerprint density at radius 2 is 1.95 bits per heavy atom. The predicted octanol–water partition coefficient (Wildman–Crippen LogP) is 2.40. The van der Waals surface area contributed by atoms with E-state index in [1.165, 1.54) is 0 Å². The summed E-state index contributed by atoms with van der Waals surface area (Å²) in [5.41, 5.74) is 2.17. The number of nitrogens with one attached hydrogen (secondary N) is 1. The number of pyridine rings is 1. The molecule has 0 radical (unpaired) electrons. The molecule has 0 spiro atoms. The first-order chi connectivity index (χ1) is 9.94. The third-order valence-electron chi connectivity index (χ3n) is 3.01. The van der Waals surface area contributed by atoms with Gasteiger partial charge in [-0.2, -0.15) is 0 Å². The SMILES string of the molecule is CN(Cc1cccnc1)c1cncc(CNC(C)(C)C)n1. The zero-order chi connectivity index (χ0) is 15.3. The minimum absolute atomic E-state index is 0.0687. The van der Waals surface area contributed by atoms with E-state index in [0.717, 1.165) is 23.6 Å². The van der Waals surface area contributed by atoms with Crippen LogP contribution in [0.1, 0.15) is 32.0 Å². The largest absolute Gasteiger partial charge is 0.354 e. The van der Waals surface area contributed by atoms with Gasteiger partial charge < -0.3 is 10.2 Å². The van der Waals surface area contributed by atoms with Crippen molar-refractivity contribution < 1.29 is 0 Å². The molecule has 2 aromatic heterocycles. The van der Waals surface area contributed by atoms with E-state index in [4.69, 9.17) is 0 Å². The number of hydrogen-bond acceptors (Lipinski definition) is 5. The first kappa shape index (κ1) is 15.4. The van der Waals surface area contributed by atoms with Crippen LogP contribution in [0.4, 0.5) is 5.82 Å². The number of aromatic nitrogens is 3. The smallest absolute Gasteiger partial charge is 0.147 e. The number of nitrogens with zero attached hydrogens (tertiary/aromatic N) is 4. The van der Waals surface area contributed by atoms with Gasteiger partial charge in [0.1, 0.15) is 5.82 Å². The summed E-state index contributed by atoms with van der Waals surface area (Å²) in [5.74, 6) is 0.868. The fraction of sp³-hybridized carbons (Fsp3) is 0.438. The van der Waals surface area contributed by atoms with Gasteiger partial charge in [0, 0.05) is 44.3 Å². The summed E-state index contributed by atoms with van der Waals surface area (Å²) in [7, 11) is 2.01. The highest BCUT2D eigenvalue weighted by atomic mass is 15.2. The summed E-state index contributed by atoms with van der Waals surface area (Å²) in [6.07, 6.45) is 7.24. The Bertz CT molecular complexity index is 562. The lowest BCUT2D eigenvalue weighted by Gasteiger charge is -2.21. The maximum absolute atomic E-state index is 4.65. The van der Waals surface area contributed by atoms with Crippen LogP contribution >= 0.6 is 0 Å². The topological polar surface area (TPSA) is 53.9 Å². The molecular formula is C16H23N5. The van der Waals surface area contributed by atoms with Crippen LogP contribution in [0.5, 0.6) is 0 Å². The zero-order valence-electron chi connectivity index (χ0n) is 13.2. The molecule has 21 heavy (non-hydrogen) atoms. The normalized spacial score (nSPS) is 11.4. The number of anilines is 1.